The van der Waals surface area contributed by atoms with Crippen LogP contribution in [0.1, 0.15) is 25.5 Å². The largest absolute Gasteiger partial charge is 0.497 e. The zero-order valence-corrected chi connectivity index (χ0v) is 15.6. The third-order valence-corrected chi connectivity index (χ3v) is 5.34. The Morgan fingerprint density at radius 3 is 2.88 bits per heavy atom. The first kappa shape index (κ1) is 17.9. The van der Waals surface area contributed by atoms with Crippen molar-refractivity contribution in [2.75, 3.05) is 26.8 Å². The number of benzene rings is 1. The lowest BCUT2D eigenvalue weighted by Crippen LogP contribution is -2.39. The highest BCUT2D eigenvalue weighted by Gasteiger charge is 2.27. The van der Waals surface area contributed by atoms with Crippen molar-refractivity contribution >= 4 is 17.3 Å². The van der Waals surface area contributed by atoms with Crippen molar-refractivity contribution in [1.82, 2.24) is 9.88 Å². The molecular formula is C19H24N2O3S. The number of thiazole rings is 1. The van der Waals surface area contributed by atoms with E-state index in [0.717, 1.165) is 54.5 Å². The quantitative estimate of drug-likeness (QED) is 0.737. The van der Waals surface area contributed by atoms with E-state index in [1.165, 1.54) is 0 Å². The summed E-state index contributed by atoms with van der Waals surface area (Å²) in [5.41, 5.74) is 2.15. The molecule has 3 rings (SSSR count). The van der Waals surface area contributed by atoms with Gasteiger partial charge in [-0.15, -0.1) is 11.3 Å². The van der Waals surface area contributed by atoms with E-state index in [2.05, 4.69) is 10.3 Å². The molecule has 1 aliphatic rings. The topological polar surface area (TPSA) is 51.7 Å². The molecule has 25 heavy (non-hydrogen) atoms. The normalized spacial score (nSPS) is 18.1. The number of methoxy groups -OCH3 is 1. The average Bonchev–Trinajstić information content (AvgIpc) is 3.10. The number of carbonyl (C=O) groups is 1. The third-order valence-electron chi connectivity index (χ3n) is 4.40. The summed E-state index contributed by atoms with van der Waals surface area (Å²) in [5, 5.41) is 3.12. The Morgan fingerprint density at radius 2 is 2.16 bits per heavy atom. The monoisotopic (exact) mass is 360 g/mol. The van der Waals surface area contributed by atoms with Crippen LogP contribution >= 0.6 is 11.3 Å². The zero-order chi connectivity index (χ0) is 17.6. The van der Waals surface area contributed by atoms with Gasteiger partial charge in [0.2, 0.25) is 0 Å². The molecule has 0 spiro atoms. The number of ether oxygens (including phenoxy) is 2. The van der Waals surface area contributed by atoms with E-state index in [9.17, 15) is 4.79 Å². The molecule has 1 unspecified atom stereocenters. The number of hydrogen-bond donors (Lipinski definition) is 0. The molecule has 1 aliphatic heterocycles. The summed E-state index contributed by atoms with van der Waals surface area (Å²) in [4.78, 5) is 19.0. The fourth-order valence-corrected chi connectivity index (χ4v) is 3.94. The molecule has 0 saturated carbocycles. The van der Waals surface area contributed by atoms with E-state index in [4.69, 9.17) is 14.5 Å². The molecule has 6 heteroatoms. The molecule has 1 aromatic carbocycles. The number of likely N-dealkylation sites (tertiary alicyclic amines) is 1. The molecule has 1 fully saturated rings. The third kappa shape index (κ3) is 4.58. The number of nitrogens with zero attached hydrogens (tertiary/aromatic N) is 2. The smallest absolute Gasteiger partial charge is 0.310 e. The molecule has 134 valence electrons. The minimum absolute atomic E-state index is 0.00612. The van der Waals surface area contributed by atoms with Crippen molar-refractivity contribution in [3.8, 4) is 16.3 Å². The predicted octanol–water partition coefficient (Wildman–Crippen LogP) is 3.59. The maximum absolute atomic E-state index is 12.0. The second kappa shape index (κ2) is 8.45. The summed E-state index contributed by atoms with van der Waals surface area (Å²) in [5.74, 6) is 0.775. The van der Waals surface area contributed by atoms with Gasteiger partial charge in [0.15, 0.2) is 0 Å². The van der Waals surface area contributed by atoms with E-state index in [1.54, 1.807) is 18.4 Å². The first-order chi connectivity index (χ1) is 12.2. The Kier molecular flexibility index (Phi) is 6.04. The van der Waals surface area contributed by atoms with Gasteiger partial charge in [-0.3, -0.25) is 9.69 Å². The van der Waals surface area contributed by atoms with Gasteiger partial charge >= 0.3 is 5.97 Å². The molecule has 1 aromatic heterocycles. The van der Waals surface area contributed by atoms with Crippen molar-refractivity contribution in [3.05, 3.63) is 35.3 Å². The van der Waals surface area contributed by atoms with Crippen molar-refractivity contribution in [1.29, 1.82) is 0 Å². The second-order valence-electron chi connectivity index (χ2n) is 6.20. The van der Waals surface area contributed by atoms with Crippen LogP contribution in [0.4, 0.5) is 0 Å². The number of rotatable bonds is 6. The lowest BCUT2D eigenvalue weighted by molar-refractivity contribution is -0.150. The molecule has 1 atom stereocenters. The fraction of sp³-hybridized carbons (Fsp3) is 0.474. The number of piperidine rings is 1. The lowest BCUT2D eigenvalue weighted by atomic mass is 9.98. The Morgan fingerprint density at radius 1 is 1.36 bits per heavy atom. The molecular weight excluding hydrogens is 336 g/mol. The van der Waals surface area contributed by atoms with Gasteiger partial charge in [-0.25, -0.2) is 4.98 Å². The Balaban J connectivity index is 1.61. The van der Waals surface area contributed by atoms with Gasteiger partial charge in [0.25, 0.3) is 0 Å². The minimum Gasteiger partial charge on any atom is -0.497 e. The first-order valence-electron chi connectivity index (χ1n) is 8.67. The zero-order valence-electron chi connectivity index (χ0n) is 14.7. The average molecular weight is 360 g/mol. The predicted molar refractivity (Wildman–Crippen MR) is 98.7 cm³/mol. The summed E-state index contributed by atoms with van der Waals surface area (Å²) in [6, 6.07) is 7.95. The molecule has 0 N–H and O–H groups in total. The fourth-order valence-electron chi connectivity index (χ4n) is 3.13. The summed E-state index contributed by atoms with van der Waals surface area (Å²) < 4.78 is 10.4. The van der Waals surface area contributed by atoms with E-state index in [-0.39, 0.29) is 11.9 Å². The van der Waals surface area contributed by atoms with Crippen LogP contribution in [0.2, 0.25) is 0 Å². The van der Waals surface area contributed by atoms with Crippen LogP contribution in [0.5, 0.6) is 5.75 Å². The summed E-state index contributed by atoms with van der Waals surface area (Å²) in [7, 11) is 1.67. The van der Waals surface area contributed by atoms with Gasteiger partial charge < -0.3 is 9.47 Å². The van der Waals surface area contributed by atoms with Gasteiger partial charge in [-0.1, -0.05) is 0 Å². The minimum atomic E-state index is -0.0654. The van der Waals surface area contributed by atoms with Crippen molar-refractivity contribution in [2.24, 2.45) is 5.92 Å². The summed E-state index contributed by atoms with van der Waals surface area (Å²) in [6.07, 6.45) is 1.95. The molecule has 0 radical (unpaired) electrons. The Labute approximate surface area is 152 Å². The number of hydrogen-bond acceptors (Lipinski definition) is 6. The van der Waals surface area contributed by atoms with Crippen LogP contribution in [0.3, 0.4) is 0 Å². The molecule has 2 heterocycles. The van der Waals surface area contributed by atoms with Gasteiger partial charge in [0.05, 0.1) is 25.3 Å². The Bertz CT molecular complexity index is 699. The van der Waals surface area contributed by atoms with Crippen molar-refractivity contribution < 1.29 is 14.3 Å². The van der Waals surface area contributed by atoms with Gasteiger partial charge in [0.1, 0.15) is 10.8 Å². The van der Waals surface area contributed by atoms with Crippen LogP contribution < -0.4 is 4.74 Å². The number of aromatic nitrogens is 1. The van der Waals surface area contributed by atoms with Crippen LogP contribution in [-0.2, 0) is 16.1 Å². The van der Waals surface area contributed by atoms with E-state index in [1.807, 2.05) is 31.2 Å². The molecule has 1 saturated heterocycles. The Hall–Kier alpha value is -1.92. The van der Waals surface area contributed by atoms with Crippen molar-refractivity contribution in [2.45, 2.75) is 26.3 Å². The molecule has 0 aliphatic carbocycles. The van der Waals surface area contributed by atoms with E-state index < -0.39 is 0 Å². The number of esters is 1. The molecule has 0 amide bonds. The maximum atomic E-state index is 12.0. The van der Waals surface area contributed by atoms with Gasteiger partial charge in [-0.2, -0.15) is 0 Å². The van der Waals surface area contributed by atoms with Gasteiger partial charge in [-0.05, 0) is 50.6 Å². The molecule has 5 nitrogen and oxygen atoms in total. The van der Waals surface area contributed by atoms with E-state index >= 15 is 0 Å². The number of carbonyl (C=O) groups excluding carboxylic acids is 1. The highest BCUT2D eigenvalue weighted by molar-refractivity contribution is 7.13. The van der Waals surface area contributed by atoms with E-state index in [0.29, 0.717) is 6.61 Å². The standard InChI is InChI=1S/C19H24N2O3S/c1-3-24-19(22)15-5-4-10-21(11-15)12-16-13-25-18(20-16)14-6-8-17(23-2)9-7-14/h6-9,13,15H,3-5,10-12H2,1-2H3. The second-order valence-corrected chi connectivity index (χ2v) is 7.06. The van der Waals surface area contributed by atoms with Gasteiger partial charge in [0, 0.05) is 24.0 Å². The molecule has 0 bridgehead atoms. The maximum Gasteiger partial charge on any atom is 0.310 e. The highest BCUT2D eigenvalue weighted by atomic mass is 32.1. The van der Waals surface area contributed by atoms with Crippen LogP contribution in [-0.4, -0.2) is 42.7 Å². The highest BCUT2D eigenvalue weighted by Crippen LogP contribution is 2.27. The van der Waals surface area contributed by atoms with Crippen LogP contribution in [0, 0.1) is 5.92 Å². The van der Waals surface area contributed by atoms with Crippen molar-refractivity contribution in [3.63, 3.8) is 0 Å². The van der Waals surface area contributed by atoms with Crippen LogP contribution in [0.15, 0.2) is 29.6 Å². The summed E-state index contributed by atoms with van der Waals surface area (Å²) in [6.45, 7) is 4.85. The first-order valence-corrected chi connectivity index (χ1v) is 9.55. The SMILES string of the molecule is CCOC(=O)C1CCCN(Cc2csc(-c3ccc(OC)cc3)n2)C1. The molecule has 2 aromatic rings. The summed E-state index contributed by atoms with van der Waals surface area (Å²) >= 11 is 1.65. The van der Waals surface area contributed by atoms with Crippen LogP contribution in [0.25, 0.3) is 10.6 Å². The lowest BCUT2D eigenvalue weighted by Gasteiger charge is -2.30.